The molecule has 0 atom stereocenters. The molecule has 1 aliphatic heterocycles. The number of nitrogens with one attached hydrogen (secondary N) is 1. The summed E-state index contributed by atoms with van der Waals surface area (Å²) in [4.78, 5) is 33.9. The normalized spacial score (nSPS) is 14.0. The van der Waals surface area contributed by atoms with Crippen molar-refractivity contribution in [3.05, 3.63) is 46.5 Å². The van der Waals surface area contributed by atoms with E-state index in [0.717, 1.165) is 22.8 Å². The lowest BCUT2D eigenvalue weighted by Crippen LogP contribution is -2.23. The van der Waals surface area contributed by atoms with Gasteiger partial charge in [-0.05, 0) is 30.5 Å². The van der Waals surface area contributed by atoms with Crippen LogP contribution in [0.4, 0.5) is 0 Å². The van der Waals surface area contributed by atoms with Gasteiger partial charge in [0, 0.05) is 11.6 Å². The Kier molecular flexibility index (Phi) is 3.98. The summed E-state index contributed by atoms with van der Waals surface area (Å²) >= 11 is 0. The number of benzene rings is 1. The Hall–Kier alpha value is -2.43. The molecular formula is C15H15NO4. The van der Waals surface area contributed by atoms with Crippen molar-refractivity contribution in [1.82, 2.24) is 5.32 Å². The maximum Gasteiger partial charge on any atom is 0.310 e. The quantitative estimate of drug-likeness (QED) is 0.663. The van der Waals surface area contributed by atoms with E-state index in [1.165, 1.54) is 0 Å². The minimum Gasteiger partial charge on any atom is -0.461 e. The molecule has 1 heterocycles. The zero-order valence-electron chi connectivity index (χ0n) is 11.4. The van der Waals surface area contributed by atoms with Gasteiger partial charge >= 0.3 is 5.97 Å². The molecule has 1 aromatic rings. The Balaban J connectivity index is 1.93. The average molecular weight is 273 g/mol. The van der Waals surface area contributed by atoms with Gasteiger partial charge in [0.15, 0.2) is 0 Å². The van der Waals surface area contributed by atoms with Crippen LogP contribution in [0.3, 0.4) is 0 Å². The van der Waals surface area contributed by atoms with Crippen molar-refractivity contribution in [2.45, 2.75) is 26.9 Å². The molecule has 1 N–H and O–H groups in total. The molecule has 0 fully saturated rings. The fraction of sp³-hybridized carbons (Fsp3) is 0.267. The fourth-order valence-electron chi connectivity index (χ4n) is 1.92. The summed E-state index contributed by atoms with van der Waals surface area (Å²) in [5.41, 5.74) is 3.27. The van der Waals surface area contributed by atoms with Gasteiger partial charge in [0.25, 0.3) is 11.8 Å². The van der Waals surface area contributed by atoms with Crippen LogP contribution in [0.15, 0.2) is 29.8 Å². The molecule has 0 bridgehead atoms. The second-order valence-corrected chi connectivity index (χ2v) is 4.68. The first kappa shape index (κ1) is 14.0. The van der Waals surface area contributed by atoms with Gasteiger partial charge in [0.1, 0.15) is 6.61 Å². The number of amides is 2. The summed E-state index contributed by atoms with van der Waals surface area (Å²) in [5, 5.41) is 2.08. The molecule has 0 saturated heterocycles. The van der Waals surface area contributed by atoms with E-state index in [1.807, 2.05) is 32.0 Å². The van der Waals surface area contributed by atoms with Crippen molar-refractivity contribution in [1.29, 1.82) is 0 Å². The van der Waals surface area contributed by atoms with Crippen LogP contribution in [0.25, 0.3) is 0 Å². The summed E-state index contributed by atoms with van der Waals surface area (Å²) in [6.07, 6.45) is 0.934. The highest BCUT2D eigenvalue weighted by Gasteiger charge is 2.23. The highest BCUT2D eigenvalue weighted by Crippen LogP contribution is 2.15. The number of hydrogen-bond acceptors (Lipinski definition) is 4. The molecule has 5 heteroatoms. The number of esters is 1. The van der Waals surface area contributed by atoms with Gasteiger partial charge in [-0.15, -0.1) is 0 Å². The van der Waals surface area contributed by atoms with Gasteiger partial charge in [-0.25, -0.2) is 0 Å². The number of rotatable bonds is 4. The van der Waals surface area contributed by atoms with Crippen LogP contribution in [0.2, 0.25) is 0 Å². The molecule has 20 heavy (non-hydrogen) atoms. The Labute approximate surface area is 116 Å². The molecule has 2 amide bonds. The Morgan fingerprint density at radius 1 is 1.25 bits per heavy atom. The van der Waals surface area contributed by atoms with Crippen molar-refractivity contribution < 1.29 is 19.1 Å². The number of ether oxygens (including phenoxy) is 1. The van der Waals surface area contributed by atoms with E-state index in [1.54, 1.807) is 0 Å². The molecule has 0 aliphatic carbocycles. The molecule has 0 unspecified atom stereocenters. The summed E-state index contributed by atoms with van der Waals surface area (Å²) in [5.74, 6) is -1.55. The van der Waals surface area contributed by atoms with E-state index in [9.17, 15) is 14.4 Å². The van der Waals surface area contributed by atoms with Crippen LogP contribution in [0.1, 0.15) is 23.1 Å². The van der Waals surface area contributed by atoms with E-state index >= 15 is 0 Å². The van der Waals surface area contributed by atoms with Crippen LogP contribution < -0.4 is 5.32 Å². The molecule has 0 aromatic heterocycles. The number of hydrogen-bond donors (Lipinski definition) is 1. The second-order valence-electron chi connectivity index (χ2n) is 4.68. The molecular weight excluding hydrogens is 258 g/mol. The molecule has 2 rings (SSSR count). The Bertz CT molecular complexity index is 616. The predicted octanol–water partition coefficient (Wildman–Crippen LogP) is 1.32. The van der Waals surface area contributed by atoms with E-state index in [-0.39, 0.29) is 18.6 Å². The van der Waals surface area contributed by atoms with Gasteiger partial charge in [-0.1, -0.05) is 18.2 Å². The van der Waals surface area contributed by atoms with Crippen LogP contribution in [-0.4, -0.2) is 17.8 Å². The lowest BCUT2D eigenvalue weighted by Gasteiger charge is -2.09. The van der Waals surface area contributed by atoms with Gasteiger partial charge in [-0.2, -0.15) is 0 Å². The van der Waals surface area contributed by atoms with Gasteiger partial charge in [-0.3, -0.25) is 19.7 Å². The number of carbonyl (C=O) groups excluding carboxylic acids is 3. The number of aryl methyl sites for hydroxylation is 1. The second kappa shape index (κ2) is 5.69. The van der Waals surface area contributed by atoms with Crippen molar-refractivity contribution >= 4 is 17.8 Å². The molecule has 104 valence electrons. The minimum absolute atomic E-state index is 0.140. The predicted molar refractivity (Wildman–Crippen MR) is 71.6 cm³/mol. The monoisotopic (exact) mass is 273 g/mol. The van der Waals surface area contributed by atoms with Crippen molar-refractivity contribution in [3.63, 3.8) is 0 Å². The molecule has 1 aliphatic rings. The van der Waals surface area contributed by atoms with Crippen LogP contribution in [0, 0.1) is 13.8 Å². The zero-order valence-corrected chi connectivity index (χ0v) is 11.4. The van der Waals surface area contributed by atoms with Gasteiger partial charge in [0.05, 0.1) is 6.42 Å². The van der Waals surface area contributed by atoms with E-state index in [0.29, 0.717) is 0 Å². The third-order valence-electron chi connectivity index (χ3n) is 3.27. The zero-order chi connectivity index (χ0) is 14.7. The lowest BCUT2D eigenvalue weighted by molar-refractivity contribution is -0.144. The smallest absolute Gasteiger partial charge is 0.310 e. The Morgan fingerprint density at radius 3 is 2.65 bits per heavy atom. The standard InChI is InChI=1S/C15H15NO4/c1-9-4-3-5-11(10(9)2)8-20-14(18)7-12-6-13(17)16-15(12)19/h3-6H,7-8H2,1-2H3,(H,16,17,19). The van der Waals surface area contributed by atoms with Gasteiger partial charge in [0.2, 0.25) is 0 Å². The number of carbonyl (C=O) groups is 3. The summed E-state index contributed by atoms with van der Waals surface area (Å²) in [7, 11) is 0. The molecule has 5 nitrogen and oxygen atoms in total. The van der Waals surface area contributed by atoms with Crippen LogP contribution >= 0.6 is 0 Å². The molecule has 0 saturated carbocycles. The average Bonchev–Trinajstić information content (AvgIpc) is 2.69. The minimum atomic E-state index is -0.529. The summed E-state index contributed by atoms with van der Waals surface area (Å²) in [6.45, 7) is 4.11. The summed E-state index contributed by atoms with van der Waals surface area (Å²) in [6, 6.07) is 5.78. The third-order valence-corrected chi connectivity index (χ3v) is 3.27. The molecule has 1 aromatic carbocycles. The highest BCUT2D eigenvalue weighted by atomic mass is 16.5. The van der Waals surface area contributed by atoms with Crippen molar-refractivity contribution in [3.8, 4) is 0 Å². The van der Waals surface area contributed by atoms with Crippen molar-refractivity contribution in [2.75, 3.05) is 0 Å². The highest BCUT2D eigenvalue weighted by molar-refractivity contribution is 6.17. The Morgan fingerprint density at radius 2 is 2.00 bits per heavy atom. The molecule has 0 radical (unpaired) electrons. The summed E-state index contributed by atoms with van der Waals surface area (Å²) < 4.78 is 5.14. The van der Waals surface area contributed by atoms with E-state index in [2.05, 4.69) is 5.32 Å². The van der Waals surface area contributed by atoms with Crippen molar-refractivity contribution in [2.24, 2.45) is 0 Å². The first-order chi connectivity index (χ1) is 9.47. The molecule has 0 spiro atoms. The number of imide groups is 1. The first-order valence-electron chi connectivity index (χ1n) is 6.24. The SMILES string of the molecule is Cc1cccc(COC(=O)CC2=CC(=O)NC2=O)c1C. The van der Waals surface area contributed by atoms with E-state index < -0.39 is 17.8 Å². The topological polar surface area (TPSA) is 72.5 Å². The largest absolute Gasteiger partial charge is 0.461 e. The first-order valence-corrected chi connectivity index (χ1v) is 6.24. The van der Waals surface area contributed by atoms with E-state index in [4.69, 9.17) is 4.74 Å². The van der Waals surface area contributed by atoms with Crippen LogP contribution in [0.5, 0.6) is 0 Å². The maximum atomic E-state index is 11.7. The maximum absolute atomic E-state index is 11.7. The van der Waals surface area contributed by atoms with Gasteiger partial charge < -0.3 is 4.74 Å². The lowest BCUT2D eigenvalue weighted by atomic mass is 10.0. The fourth-order valence-corrected chi connectivity index (χ4v) is 1.92. The van der Waals surface area contributed by atoms with Crippen LogP contribution in [-0.2, 0) is 25.7 Å². The third kappa shape index (κ3) is 3.12.